The Kier molecular flexibility index (Phi) is 15.1. The summed E-state index contributed by atoms with van der Waals surface area (Å²) in [6, 6.07) is 0. The normalized spacial score (nSPS) is 11.0. The zero-order chi connectivity index (χ0) is 12.1. The summed E-state index contributed by atoms with van der Waals surface area (Å²) in [6.45, 7) is 6.27. The van der Waals surface area contributed by atoms with Crippen LogP contribution in [0.3, 0.4) is 0 Å². The molecule has 91 valence electrons. The molecule has 4 nitrogen and oxygen atoms in total. The lowest BCUT2D eigenvalue weighted by molar-refractivity contribution is 0.144. The number of allylic oxidation sites excluding steroid dienone is 2. The van der Waals surface area contributed by atoms with Gasteiger partial charge in [-0.1, -0.05) is 20.8 Å². The van der Waals surface area contributed by atoms with Crippen molar-refractivity contribution in [2.45, 2.75) is 27.2 Å². The van der Waals surface area contributed by atoms with E-state index in [1.807, 2.05) is 19.9 Å². The Hall–Kier alpha value is -0.580. The fraction of sp³-hybridized carbons (Fsp3) is 0.727. The van der Waals surface area contributed by atoms with E-state index in [1.165, 1.54) is 0 Å². The summed E-state index contributed by atoms with van der Waals surface area (Å²) in [7, 11) is 0. The van der Waals surface area contributed by atoms with Gasteiger partial charge >= 0.3 is 0 Å². The maximum atomic E-state index is 8.50. The molecule has 0 aliphatic rings. The average Bonchev–Trinajstić information content (AvgIpc) is 2.24. The Labute approximate surface area is 92.2 Å². The summed E-state index contributed by atoms with van der Waals surface area (Å²) >= 11 is 0. The van der Waals surface area contributed by atoms with Crippen molar-refractivity contribution in [3.63, 3.8) is 0 Å². The largest absolute Gasteiger partial charge is 0.495 e. The fourth-order valence-corrected chi connectivity index (χ4v) is 0.748. The third kappa shape index (κ3) is 13.4. The van der Waals surface area contributed by atoms with Crippen LogP contribution in [0, 0.1) is 5.92 Å². The molecule has 15 heavy (non-hydrogen) atoms. The van der Waals surface area contributed by atoms with Gasteiger partial charge < -0.3 is 20.1 Å². The van der Waals surface area contributed by atoms with Crippen LogP contribution >= 0.6 is 0 Å². The van der Waals surface area contributed by atoms with Gasteiger partial charge in [-0.25, -0.2) is 0 Å². The zero-order valence-corrected chi connectivity index (χ0v) is 9.86. The molecule has 0 unspecified atom stereocenters. The molecule has 0 rings (SSSR count). The van der Waals surface area contributed by atoms with Gasteiger partial charge in [0.25, 0.3) is 0 Å². The predicted octanol–water partition coefficient (Wildman–Crippen LogP) is 0.874. The topological polar surface area (TPSA) is 69.9 Å². The van der Waals surface area contributed by atoms with Crippen LogP contribution < -0.4 is 0 Å². The minimum atomic E-state index is -0.125. The molecule has 0 amide bonds. The summed E-state index contributed by atoms with van der Waals surface area (Å²) in [5.74, 6) is 2.06. The first kappa shape index (κ1) is 16.8. The van der Waals surface area contributed by atoms with Gasteiger partial charge in [0.15, 0.2) is 0 Å². The SMILES string of the molecule is CCC=C(OCCO)[C](C)C.OCCO. The highest BCUT2D eigenvalue weighted by Crippen LogP contribution is 2.13. The van der Waals surface area contributed by atoms with Crippen molar-refractivity contribution < 1.29 is 20.1 Å². The standard InChI is InChI=1S/C9H17O2.C2H6O2/c1-4-5-9(8(2)3)11-7-6-10;3-1-2-4/h5,10H,4,6-7H2,1-3H3;3-4H,1-2H2. The van der Waals surface area contributed by atoms with E-state index in [0.29, 0.717) is 6.61 Å². The van der Waals surface area contributed by atoms with Crippen LogP contribution in [0.5, 0.6) is 0 Å². The predicted molar refractivity (Wildman–Crippen MR) is 60.2 cm³/mol. The van der Waals surface area contributed by atoms with Crippen LogP contribution in [-0.4, -0.2) is 41.7 Å². The van der Waals surface area contributed by atoms with Gasteiger partial charge in [-0.05, 0) is 12.5 Å². The van der Waals surface area contributed by atoms with Crippen molar-refractivity contribution in [3.05, 3.63) is 17.8 Å². The van der Waals surface area contributed by atoms with Crippen LogP contribution in [-0.2, 0) is 4.74 Å². The molecule has 0 aromatic rings. The molecule has 0 aliphatic heterocycles. The Morgan fingerprint density at radius 3 is 1.87 bits per heavy atom. The Morgan fingerprint density at radius 2 is 1.60 bits per heavy atom. The molecular weight excluding hydrogens is 196 g/mol. The lowest BCUT2D eigenvalue weighted by atomic mass is 10.1. The molecular formula is C11H23O4. The summed E-state index contributed by atoms with van der Waals surface area (Å²) < 4.78 is 5.27. The first-order valence-corrected chi connectivity index (χ1v) is 5.10. The summed E-state index contributed by atoms with van der Waals surface area (Å²) in [4.78, 5) is 0. The smallest absolute Gasteiger partial charge is 0.111 e. The Morgan fingerprint density at radius 1 is 1.07 bits per heavy atom. The van der Waals surface area contributed by atoms with Crippen LogP contribution in [0.1, 0.15) is 27.2 Å². The zero-order valence-electron chi connectivity index (χ0n) is 9.86. The third-order valence-electron chi connectivity index (χ3n) is 1.33. The average molecular weight is 219 g/mol. The van der Waals surface area contributed by atoms with E-state index >= 15 is 0 Å². The molecule has 4 heteroatoms. The molecule has 0 aliphatic carbocycles. The molecule has 1 radical (unpaired) electrons. The summed E-state index contributed by atoms with van der Waals surface area (Å²) in [6.07, 6.45) is 2.98. The van der Waals surface area contributed by atoms with Crippen LogP contribution in [0.2, 0.25) is 0 Å². The molecule has 0 aromatic heterocycles. The molecule has 0 aromatic carbocycles. The van der Waals surface area contributed by atoms with E-state index in [0.717, 1.165) is 18.1 Å². The van der Waals surface area contributed by atoms with Crippen molar-refractivity contribution >= 4 is 0 Å². The lowest BCUT2D eigenvalue weighted by Crippen LogP contribution is -2.02. The maximum Gasteiger partial charge on any atom is 0.111 e. The monoisotopic (exact) mass is 219 g/mol. The molecule has 0 saturated heterocycles. The second-order valence-corrected chi connectivity index (χ2v) is 3.00. The summed E-state index contributed by atoms with van der Waals surface area (Å²) in [5, 5.41) is 23.8. The number of hydrogen-bond acceptors (Lipinski definition) is 4. The first-order valence-electron chi connectivity index (χ1n) is 5.10. The van der Waals surface area contributed by atoms with Gasteiger partial charge in [-0.2, -0.15) is 0 Å². The lowest BCUT2D eigenvalue weighted by Gasteiger charge is -2.11. The quantitative estimate of drug-likeness (QED) is 0.580. The van der Waals surface area contributed by atoms with E-state index in [9.17, 15) is 0 Å². The van der Waals surface area contributed by atoms with E-state index in [1.54, 1.807) is 0 Å². The number of aliphatic hydroxyl groups excluding tert-OH is 3. The van der Waals surface area contributed by atoms with Crippen LogP contribution in [0.15, 0.2) is 11.8 Å². The molecule has 3 N–H and O–H groups in total. The minimum Gasteiger partial charge on any atom is -0.495 e. The maximum absolute atomic E-state index is 8.50. The molecule has 0 heterocycles. The van der Waals surface area contributed by atoms with Crippen molar-refractivity contribution in [3.8, 4) is 0 Å². The highest BCUT2D eigenvalue weighted by Gasteiger charge is 2.02. The van der Waals surface area contributed by atoms with E-state index in [4.69, 9.17) is 20.1 Å². The van der Waals surface area contributed by atoms with Crippen molar-refractivity contribution in [2.75, 3.05) is 26.4 Å². The number of rotatable bonds is 6. The van der Waals surface area contributed by atoms with Crippen LogP contribution in [0.4, 0.5) is 0 Å². The molecule has 0 fully saturated rings. The van der Waals surface area contributed by atoms with Gasteiger partial charge in [0.2, 0.25) is 0 Å². The highest BCUT2D eigenvalue weighted by atomic mass is 16.5. The first-order chi connectivity index (χ1) is 7.13. The molecule has 0 spiro atoms. The minimum absolute atomic E-state index is 0.0777. The Balaban J connectivity index is 0. The third-order valence-corrected chi connectivity index (χ3v) is 1.33. The number of ether oxygens (including phenoxy) is 1. The van der Waals surface area contributed by atoms with Gasteiger partial charge in [0, 0.05) is 5.92 Å². The van der Waals surface area contributed by atoms with Crippen molar-refractivity contribution in [1.29, 1.82) is 0 Å². The number of hydrogen-bond donors (Lipinski definition) is 3. The van der Waals surface area contributed by atoms with Crippen molar-refractivity contribution in [1.82, 2.24) is 0 Å². The second kappa shape index (κ2) is 13.4. The fourth-order valence-electron chi connectivity index (χ4n) is 0.748. The van der Waals surface area contributed by atoms with Crippen molar-refractivity contribution in [2.24, 2.45) is 0 Å². The highest BCUT2D eigenvalue weighted by molar-refractivity contribution is 5.13. The van der Waals surface area contributed by atoms with E-state index in [-0.39, 0.29) is 19.8 Å². The van der Waals surface area contributed by atoms with E-state index < -0.39 is 0 Å². The van der Waals surface area contributed by atoms with Gasteiger partial charge in [0.05, 0.1) is 25.6 Å². The van der Waals surface area contributed by atoms with Gasteiger partial charge in [-0.15, -0.1) is 0 Å². The summed E-state index contributed by atoms with van der Waals surface area (Å²) in [5.41, 5.74) is 0. The molecule has 0 saturated carbocycles. The van der Waals surface area contributed by atoms with Crippen LogP contribution in [0.25, 0.3) is 0 Å². The van der Waals surface area contributed by atoms with E-state index in [2.05, 4.69) is 6.92 Å². The Bertz CT molecular complexity index is 142. The second-order valence-electron chi connectivity index (χ2n) is 3.00. The van der Waals surface area contributed by atoms with Gasteiger partial charge in [-0.3, -0.25) is 0 Å². The number of aliphatic hydroxyl groups is 3. The molecule has 0 bridgehead atoms. The molecule has 0 atom stereocenters. The van der Waals surface area contributed by atoms with Gasteiger partial charge in [0.1, 0.15) is 6.61 Å².